The van der Waals surface area contributed by atoms with E-state index in [9.17, 15) is 4.79 Å². The van der Waals surface area contributed by atoms with E-state index in [0.29, 0.717) is 5.56 Å². The van der Waals surface area contributed by atoms with E-state index >= 15 is 0 Å². The Labute approximate surface area is 150 Å². The fraction of sp³-hybridized carbons (Fsp3) is 0.318. The van der Waals surface area contributed by atoms with Crippen molar-refractivity contribution in [2.45, 2.75) is 12.8 Å². The van der Waals surface area contributed by atoms with Crippen LogP contribution in [0.5, 0.6) is 5.75 Å². The highest BCUT2D eigenvalue weighted by Gasteiger charge is 2.26. The number of likely N-dealkylation sites (N-methyl/N-ethyl adjacent to an activating group) is 1. The lowest BCUT2D eigenvalue weighted by molar-refractivity contribution is -0.897. The Morgan fingerprint density at radius 2 is 1.72 bits per heavy atom. The third-order valence-electron chi connectivity index (χ3n) is 4.91. The molecule has 0 radical (unpaired) electrons. The minimum atomic E-state index is 0.00513. The zero-order valence-corrected chi connectivity index (χ0v) is 14.9. The van der Waals surface area contributed by atoms with E-state index in [2.05, 4.69) is 7.05 Å². The molecule has 0 N–H and O–H groups in total. The van der Waals surface area contributed by atoms with Crippen LogP contribution in [-0.2, 0) is 0 Å². The molecule has 3 nitrogen and oxygen atoms in total. The van der Waals surface area contributed by atoms with Crippen molar-refractivity contribution in [1.82, 2.24) is 0 Å². The molecule has 0 saturated carbocycles. The number of carbonyl (C=O) groups is 1. The van der Waals surface area contributed by atoms with Crippen molar-refractivity contribution in [3.8, 4) is 5.75 Å². The van der Waals surface area contributed by atoms with Crippen LogP contribution in [0.25, 0.3) is 6.08 Å². The Morgan fingerprint density at radius 1 is 1.04 bits per heavy atom. The average molecular weight is 336 g/mol. The lowest BCUT2D eigenvalue weighted by Gasteiger charge is -2.28. The van der Waals surface area contributed by atoms with Gasteiger partial charge in [0.25, 0.3) is 0 Å². The molecular weight excluding hydrogens is 310 g/mol. The molecule has 130 valence electrons. The summed E-state index contributed by atoms with van der Waals surface area (Å²) in [4.78, 5) is 12.2. The van der Waals surface area contributed by atoms with Crippen molar-refractivity contribution in [3.05, 3.63) is 71.8 Å². The first-order valence-electron chi connectivity index (χ1n) is 8.99. The Bertz CT molecular complexity index is 713. The summed E-state index contributed by atoms with van der Waals surface area (Å²) < 4.78 is 6.96. The number of ether oxygens (including phenoxy) is 1. The maximum Gasteiger partial charge on any atom is 0.185 e. The lowest BCUT2D eigenvalue weighted by Crippen LogP contribution is -2.43. The van der Waals surface area contributed by atoms with Crippen LogP contribution < -0.4 is 4.74 Å². The predicted molar refractivity (Wildman–Crippen MR) is 102 cm³/mol. The molecule has 0 aliphatic carbocycles. The Balaban J connectivity index is 1.51. The number of likely N-dealkylation sites (tertiary alicyclic amines) is 1. The molecule has 1 aliphatic heterocycles. The molecule has 25 heavy (non-hydrogen) atoms. The summed E-state index contributed by atoms with van der Waals surface area (Å²) in [6.45, 7) is 4.27. The first-order valence-corrected chi connectivity index (χ1v) is 8.99. The van der Waals surface area contributed by atoms with Gasteiger partial charge >= 0.3 is 0 Å². The molecule has 0 spiro atoms. The van der Waals surface area contributed by atoms with Gasteiger partial charge in [-0.05, 0) is 35.9 Å². The van der Waals surface area contributed by atoms with Crippen molar-refractivity contribution in [3.63, 3.8) is 0 Å². The summed E-state index contributed by atoms with van der Waals surface area (Å²) in [6, 6.07) is 17.3. The van der Waals surface area contributed by atoms with Crippen LogP contribution in [0.1, 0.15) is 28.8 Å². The predicted octanol–water partition coefficient (Wildman–Crippen LogP) is 4.20. The number of carbonyl (C=O) groups excluding carboxylic acids is 1. The molecule has 1 saturated heterocycles. The van der Waals surface area contributed by atoms with E-state index in [1.165, 1.54) is 25.9 Å². The number of benzene rings is 2. The van der Waals surface area contributed by atoms with Gasteiger partial charge in [0.2, 0.25) is 0 Å². The summed E-state index contributed by atoms with van der Waals surface area (Å²) in [5.41, 5.74) is 1.70. The van der Waals surface area contributed by atoms with Crippen LogP contribution in [0.4, 0.5) is 0 Å². The van der Waals surface area contributed by atoms with Crippen LogP contribution in [0.3, 0.4) is 0 Å². The van der Waals surface area contributed by atoms with E-state index < -0.39 is 0 Å². The minimum absolute atomic E-state index is 0.00513. The van der Waals surface area contributed by atoms with Gasteiger partial charge < -0.3 is 9.22 Å². The van der Waals surface area contributed by atoms with Gasteiger partial charge in [0.15, 0.2) is 5.78 Å². The lowest BCUT2D eigenvalue weighted by atomic mass is 10.1. The second-order valence-electron chi connectivity index (χ2n) is 6.98. The highest BCUT2D eigenvalue weighted by molar-refractivity contribution is 6.06. The van der Waals surface area contributed by atoms with Crippen molar-refractivity contribution in [2.24, 2.45) is 0 Å². The normalized spacial score (nSPS) is 16.2. The van der Waals surface area contributed by atoms with Gasteiger partial charge in [-0.2, -0.15) is 0 Å². The third-order valence-corrected chi connectivity index (χ3v) is 4.91. The number of quaternary nitrogens is 1. The Kier molecular flexibility index (Phi) is 5.67. The fourth-order valence-corrected chi connectivity index (χ4v) is 3.25. The maximum absolute atomic E-state index is 12.2. The zero-order chi connectivity index (χ0) is 17.5. The van der Waals surface area contributed by atoms with Crippen molar-refractivity contribution < 1.29 is 14.0 Å². The van der Waals surface area contributed by atoms with Crippen LogP contribution in [0.2, 0.25) is 0 Å². The highest BCUT2D eigenvalue weighted by atomic mass is 16.5. The van der Waals surface area contributed by atoms with Gasteiger partial charge in [-0.1, -0.05) is 36.4 Å². The number of ketones is 1. The maximum atomic E-state index is 12.2. The molecule has 1 heterocycles. The molecule has 0 atom stereocenters. The highest BCUT2D eigenvalue weighted by Crippen LogP contribution is 2.17. The average Bonchev–Trinajstić information content (AvgIpc) is 3.08. The minimum Gasteiger partial charge on any atom is -0.488 e. The van der Waals surface area contributed by atoms with E-state index in [1.807, 2.05) is 60.7 Å². The molecule has 3 heteroatoms. The van der Waals surface area contributed by atoms with Gasteiger partial charge in [-0.3, -0.25) is 4.79 Å². The van der Waals surface area contributed by atoms with Gasteiger partial charge in [-0.15, -0.1) is 0 Å². The molecule has 2 aromatic rings. The monoisotopic (exact) mass is 336 g/mol. The number of rotatable bonds is 7. The molecular formula is C22H26NO2+. The quantitative estimate of drug-likeness (QED) is 0.430. The third kappa shape index (κ3) is 5.04. The second kappa shape index (κ2) is 8.13. The number of hydrogen-bond donors (Lipinski definition) is 0. The van der Waals surface area contributed by atoms with Gasteiger partial charge in [0, 0.05) is 18.4 Å². The largest absolute Gasteiger partial charge is 0.488 e. The first kappa shape index (κ1) is 17.4. The summed E-state index contributed by atoms with van der Waals surface area (Å²) in [7, 11) is 2.30. The van der Waals surface area contributed by atoms with Crippen LogP contribution in [0, 0.1) is 0 Å². The topological polar surface area (TPSA) is 26.3 Å². The van der Waals surface area contributed by atoms with E-state index in [4.69, 9.17) is 4.74 Å². The SMILES string of the molecule is C[N+]1(CCOc2ccc(C(=O)/C=C/c3ccccc3)cc2)CCCC1. The van der Waals surface area contributed by atoms with Gasteiger partial charge in [0.1, 0.15) is 18.9 Å². The zero-order valence-electron chi connectivity index (χ0n) is 14.9. The van der Waals surface area contributed by atoms with Crippen LogP contribution >= 0.6 is 0 Å². The molecule has 1 fully saturated rings. The number of hydrogen-bond acceptors (Lipinski definition) is 2. The van der Waals surface area contributed by atoms with Crippen molar-refractivity contribution in [2.75, 3.05) is 33.3 Å². The molecule has 0 unspecified atom stereocenters. The molecule has 3 rings (SSSR count). The number of nitrogens with zero attached hydrogens (tertiary/aromatic N) is 1. The Hall–Kier alpha value is -2.39. The van der Waals surface area contributed by atoms with Crippen LogP contribution in [-0.4, -0.2) is 43.6 Å². The van der Waals surface area contributed by atoms with E-state index in [-0.39, 0.29) is 5.78 Å². The summed E-state index contributed by atoms with van der Waals surface area (Å²) in [5.74, 6) is 0.833. The summed E-state index contributed by atoms with van der Waals surface area (Å²) in [5, 5.41) is 0. The summed E-state index contributed by atoms with van der Waals surface area (Å²) in [6.07, 6.45) is 6.10. The molecule has 1 aliphatic rings. The summed E-state index contributed by atoms with van der Waals surface area (Å²) >= 11 is 0. The Morgan fingerprint density at radius 3 is 2.40 bits per heavy atom. The van der Waals surface area contributed by atoms with Gasteiger partial charge in [-0.25, -0.2) is 0 Å². The fourth-order valence-electron chi connectivity index (χ4n) is 3.25. The second-order valence-corrected chi connectivity index (χ2v) is 6.98. The smallest absolute Gasteiger partial charge is 0.185 e. The molecule has 0 aromatic heterocycles. The molecule has 0 amide bonds. The van der Waals surface area contributed by atoms with Crippen molar-refractivity contribution >= 4 is 11.9 Å². The van der Waals surface area contributed by atoms with Crippen molar-refractivity contribution in [1.29, 1.82) is 0 Å². The van der Waals surface area contributed by atoms with E-state index in [1.54, 1.807) is 6.08 Å². The van der Waals surface area contributed by atoms with Crippen LogP contribution in [0.15, 0.2) is 60.7 Å². The standard InChI is InChI=1S/C22H26NO2/c1-23(15-5-6-16-23)17-18-25-21-12-10-20(11-13-21)22(24)14-9-19-7-3-2-4-8-19/h2-4,7-14H,5-6,15-18H2,1H3/q+1/b14-9+. The first-order chi connectivity index (χ1) is 12.1. The number of allylic oxidation sites excluding steroid dienone is 1. The molecule has 2 aromatic carbocycles. The van der Waals surface area contributed by atoms with E-state index in [0.717, 1.165) is 28.9 Å². The van der Waals surface area contributed by atoms with Gasteiger partial charge in [0.05, 0.1) is 20.1 Å². The molecule has 0 bridgehead atoms.